The number of hydrogen-bond acceptors (Lipinski definition) is 1. The molecule has 16 heavy (non-hydrogen) atoms. The Morgan fingerprint density at radius 2 is 1.75 bits per heavy atom. The van der Waals surface area contributed by atoms with Crippen LogP contribution in [0.1, 0.15) is 24.8 Å². The van der Waals surface area contributed by atoms with Gasteiger partial charge in [0.2, 0.25) is 5.91 Å². The van der Waals surface area contributed by atoms with Crippen LogP contribution in [0.4, 0.5) is 0 Å². The van der Waals surface area contributed by atoms with Crippen molar-refractivity contribution in [2.45, 2.75) is 19.3 Å². The molecule has 1 aromatic rings. The fourth-order valence-electron chi connectivity index (χ4n) is 1.95. The van der Waals surface area contributed by atoms with Crippen LogP contribution in [-0.4, -0.2) is 23.9 Å². The number of piperidine rings is 1. The number of amides is 1. The topological polar surface area (TPSA) is 20.3 Å². The number of nitrogens with zero attached hydrogens (tertiary/aromatic N) is 1. The number of likely N-dealkylation sites (tertiary alicyclic amines) is 1. The molecule has 1 heterocycles. The molecule has 1 aliphatic rings. The van der Waals surface area contributed by atoms with E-state index in [0.717, 1.165) is 31.5 Å². The number of hydrogen-bond donors (Lipinski definition) is 0. The van der Waals surface area contributed by atoms with Gasteiger partial charge in [0.25, 0.3) is 0 Å². The molecule has 1 aliphatic heterocycles. The van der Waals surface area contributed by atoms with Crippen LogP contribution in [-0.2, 0) is 4.79 Å². The molecule has 84 valence electrons. The smallest absolute Gasteiger partial charge is 0.246 e. The monoisotopic (exact) mass is 215 g/mol. The van der Waals surface area contributed by atoms with Crippen molar-refractivity contribution in [1.82, 2.24) is 4.90 Å². The molecule has 0 atom stereocenters. The third-order valence-corrected chi connectivity index (χ3v) is 2.89. The van der Waals surface area contributed by atoms with Crippen LogP contribution in [0.15, 0.2) is 36.4 Å². The van der Waals surface area contributed by atoms with Gasteiger partial charge in [0.1, 0.15) is 0 Å². The molecule has 1 saturated heterocycles. The average molecular weight is 215 g/mol. The van der Waals surface area contributed by atoms with Crippen molar-refractivity contribution < 1.29 is 4.79 Å². The Bertz CT molecular complexity index is 364. The van der Waals surface area contributed by atoms with E-state index < -0.39 is 0 Å². The first-order valence-corrected chi connectivity index (χ1v) is 5.88. The van der Waals surface area contributed by atoms with Crippen LogP contribution in [0.2, 0.25) is 0 Å². The Balaban J connectivity index is 1.93. The van der Waals surface area contributed by atoms with Gasteiger partial charge in [-0.05, 0) is 30.9 Å². The quantitative estimate of drug-likeness (QED) is 0.695. The van der Waals surface area contributed by atoms with Gasteiger partial charge >= 0.3 is 0 Å². The molecule has 0 bridgehead atoms. The van der Waals surface area contributed by atoms with Gasteiger partial charge in [-0.3, -0.25) is 4.79 Å². The van der Waals surface area contributed by atoms with E-state index in [9.17, 15) is 4.79 Å². The van der Waals surface area contributed by atoms with Gasteiger partial charge in [0, 0.05) is 19.2 Å². The average Bonchev–Trinajstić information content (AvgIpc) is 2.38. The molecule has 1 aromatic carbocycles. The van der Waals surface area contributed by atoms with E-state index in [1.165, 1.54) is 6.42 Å². The maximum absolute atomic E-state index is 11.8. The molecular weight excluding hydrogens is 198 g/mol. The second kappa shape index (κ2) is 5.50. The molecule has 0 unspecified atom stereocenters. The molecule has 0 spiro atoms. The molecule has 1 fully saturated rings. The summed E-state index contributed by atoms with van der Waals surface area (Å²) in [6.45, 7) is 1.83. The van der Waals surface area contributed by atoms with Crippen molar-refractivity contribution in [3.8, 4) is 0 Å². The van der Waals surface area contributed by atoms with Crippen molar-refractivity contribution in [1.29, 1.82) is 0 Å². The minimum Gasteiger partial charge on any atom is -0.339 e. The van der Waals surface area contributed by atoms with Crippen molar-refractivity contribution in [3.63, 3.8) is 0 Å². The SMILES string of the molecule is O=C(C=Cc1ccccc1)N1CCCCC1. The summed E-state index contributed by atoms with van der Waals surface area (Å²) >= 11 is 0. The van der Waals surface area contributed by atoms with Crippen LogP contribution < -0.4 is 0 Å². The van der Waals surface area contributed by atoms with Crippen LogP contribution in [0.5, 0.6) is 0 Å². The minimum absolute atomic E-state index is 0.142. The molecule has 2 nitrogen and oxygen atoms in total. The summed E-state index contributed by atoms with van der Waals surface area (Å²) in [5.41, 5.74) is 1.08. The Morgan fingerprint density at radius 1 is 1.06 bits per heavy atom. The predicted octanol–water partition coefficient (Wildman–Crippen LogP) is 2.71. The highest BCUT2D eigenvalue weighted by molar-refractivity contribution is 5.91. The zero-order valence-corrected chi connectivity index (χ0v) is 9.43. The van der Waals surface area contributed by atoms with Crippen molar-refractivity contribution in [3.05, 3.63) is 42.0 Å². The first-order valence-electron chi connectivity index (χ1n) is 5.88. The van der Waals surface area contributed by atoms with Gasteiger partial charge in [0.15, 0.2) is 0 Å². The summed E-state index contributed by atoms with van der Waals surface area (Å²) < 4.78 is 0. The Labute approximate surface area is 96.6 Å². The zero-order valence-electron chi connectivity index (χ0n) is 9.43. The highest BCUT2D eigenvalue weighted by Gasteiger charge is 2.13. The van der Waals surface area contributed by atoms with Gasteiger partial charge in [-0.2, -0.15) is 0 Å². The van der Waals surface area contributed by atoms with Crippen molar-refractivity contribution >= 4 is 12.0 Å². The molecule has 0 saturated carbocycles. The van der Waals surface area contributed by atoms with Crippen molar-refractivity contribution in [2.24, 2.45) is 0 Å². The number of carbonyl (C=O) groups is 1. The largest absolute Gasteiger partial charge is 0.339 e. The minimum atomic E-state index is 0.142. The summed E-state index contributed by atoms with van der Waals surface area (Å²) in [7, 11) is 0. The van der Waals surface area contributed by atoms with Crippen LogP contribution in [0.25, 0.3) is 6.08 Å². The molecule has 2 heteroatoms. The first kappa shape index (κ1) is 10.9. The fourth-order valence-corrected chi connectivity index (χ4v) is 1.95. The lowest BCUT2D eigenvalue weighted by Crippen LogP contribution is -2.34. The van der Waals surface area contributed by atoms with E-state index in [2.05, 4.69) is 0 Å². The Hall–Kier alpha value is -1.57. The van der Waals surface area contributed by atoms with Gasteiger partial charge in [-0.15, -0.1) is 0 Å². The maximum Gasteiger partial charge on any atom is 0.246 e. The molecule has 2 rings (SSSR count). The second-order valence-electron chi connectivity index (χ2n) is 4.13. The van der Waals surface area contributed by atoms with E-state index in [-0.39, 0.29) is 5.91 Å². The third kappa shape index (κ3) is 2.96. The first-order chi connectivity index (χ1) is 7.86. The maximum atomic E-state index is 11.8. The standard InChI is InChI=1S/C14H17NO/c16-14(15-11-5-2-6-12-15)10-9-13-7-3-1-4-8-13/h1,3-4,7-10H,2,5-6,11-12H2. The lowest BCUT2D eigenvalue weighted by molar-refractivity contribution is -0.126. The van der Waals surface area contributed by atoms with Crippen LogP contribution in [0, 0.1) is 0 Å². The number of benzene rings is 1. The molecule has 0 aromatic heterocycles. The van der Waals surface area contributed by atoms with Crippen LogP contribution >= 0.6 is 0 Å². The lowest BCUT2D eigenvalue weighted by Gasteiger charge is -2.25. The summed E-state index contributed by atoms with van der Waals surface area (Å²) in [6.07, 6.45) is 7.11. The summed E-state index contributed by atoms with van der Waals surface area (Å²) in [4.78, 5) is 13.7. The third-order valence-electron chi connectivity index (χ3n) is 2.89. The molecule has 0 radical (unpaired) electrons. The predicted molar refractivity (Wildman–Crippen MR) is 65.9 cm³/mol. The molecular formula is C14H17NO. The lowest BCUT2D eigenvalue weighted by atomic mass is 10.1. The van der Waals surface area contributed by atoms with Crippen LogP contribution in [0.3, 0.4) is 0 Å². The highest BCUT2D eigenvalue weighted by atomic mass is 16.2. The Morgan fingerprint density at radius 3 is 2.44 bits per heavy atom. The summed E-state index contributed by atoms with van der Waals surface area (Å²) in [5.74, 6) is 0.142. The molecule has 0 aliphatic carbocycles. The van der Waals surface area contributed by atoms with E-state index in [0.29, 0.717) is 0 Å². The van der Waals surface area contributed by atoms with Crippen molar-refractivity contribution in [2.75, 3.05) is 13.1 Å². The molecule has 0 N–H and O–H groups in total. The van der Waals surface area contributed by atoms with E-state index in [4.69, 9.17) is 0 Å². The normalized spacial score (nSPS) is 16.6. The zero-order chi connectivity index (χ0) is 11.2. The Kier molecular flexibility index (Phi) is 3.76. The number of rotatable bonds is 2. The summed E-state index contributed by atoms with van der Waals surface area (Å²) in [5, 5.41) is 0. The molecule has 1 amide bonds. The number of carbonyl (C=O) groups excluding carboxylic acids is 1. The van der Waals surface area contributed by atoms with Gasteiger partial charge in [-0.25, -0.2) is 0 Å². The van der Waals surface area contributed by atoms with Gasteiger partial charge < -0.3 is 4.90 Å². The van der Waals surface area contributed by atoms with E-state index in [1.807, 2.05) is 41.3 Å². The second-order valence-corrected chi connectivity index (χ2v) is 4.13. The van der Waals surface area contributed by atoms with Gasteiger partial charge in [-0.1, -0.05) is 30.3 Å². The highest BCUT2D eigenvalue weighted by Crippen LogP contribution is 2.09. The fraction of sp³-hybridized carbons (Fsp3) is 0.357. The summed E-state index contributed by atoms with van der Waals surface area (Å²) in [6, 6.07) is 9.93. The van der Waals surface area contributed by atoms with E-state index in [1.54, 1.807) is 6.08 Å². The van der Waals surface area contributed by atoms with Gasteiger partial charge in [0.05, 0.1) is 0 Å². The van der Waals surface area contributed by atoms with E-state index >= 15 is 0 Å².